The molecule has 0 aliphatic carbocycles. The maximum absolute atomic E-state index is 4.32. The second kappa shape index (κ2) is 3.30. The van der Waals surface area contributed by atoms with Crippen molar-refractivity contribution in [1.29, 1.82) is 0 Å². The fourth-order valence-corrected chi connectivity index (χ4v) is 1.64. The number of anilines is 1. The van der Waals surface area contributed by atoms with Gasteiger partial charge in [0.15, 0.2) is 5.82 Å². The number of fused-ring (bicyclic) bond motifs is 1. The molecule has 15 heavy (non-hydrogen) atoms. The van der Waals surface area contributed by atoms with Crippen LogP contribution in [0.5, 0.6) is 0 Å². The maximum Gasteiger partial charge on any atom is 0.254 e. The van der Waals surface area contributed by atoms with E-state index in [9.17, 15) is 0 Å². The minimum Gasteiger partial charge on any atom is -0.248 e. The molecule has 76 valence electrons. The lowest BCUT2D eigenvalue weighted by molar-refractivity contribution is 0.722. The minimum absolute atomic E-state index is 0.605. The van der Waals surface area contributed by atoms with Crippen molar-refractivity contribution in [1.82, 2.24) is 19.6 Å². The van der Waals surface area contributed by atoms with Gasteiger partial charge in [-0.25, -0.2) is 9.99 Å². The molecule has 0 radical (unpaired) electrons. The van der Waals surface area contributed by atoms with Crippen LogP contribution in [0.15, 0.2) is 23.7 Å². The summed E-state index contributed by atoms with van der Waals surface area (Å²) in [5, 5.41) is 10.4. The van der Waals surface area contributed by atoms with Gasteiger partial charge in [0.25, 0.3) is 5.78 Å². The Balaban J connectivity index is 2.13. The molecule has 0 amide bonds. The quantitative estimate of drug-likeness (QED) is 0.683. The van der Waals surface area contributed by atoms with Gasteiger partial charge in [0.05, 0.1) is 0 Å². The van der Waals surface area contributed by atoms with Crippen LogP contribution in [-0.4, -0.2) is 32.3 Å². The number of aromatic nitrogens is 4. The van der Waals surface area contributed by atoms with Gasteiger partial charge in [0.1, 0.15) is 6.33 Å². The standard InChI is InChI=1S/C9H10N6/c1-2-6-14(12-4-1)8-3-5-10-9-11-7-13-15(8)9/h3-5,7H,1-2,6H2. The van der Waals surface area contributed by atoms with Crippen LogP contribution >= 0.6 is 0 Å². The van der Waals surface area contributed by atoms with Crippen LogP contribution in [0.3, 0.4) is 0 Å². The van der Waals surface area contributed by atoms with E-state index in [1.165, 1.54) is 6.33 Å². The van der Waals surface area contributed by atoms with Crippen LogP contribution < -0.4 is 5.01 Å². The molecule has 3 rings (SSSR count). The summed E-state index contributed by atoms with van der Waals surface area (Å²) in [6.45, 7) is 0.912. The number of nitrogens with zero attached hydrogens (tertiary/aromatic N) is 6. The Kier molecular flexibility index (Phi) is 1.84. The molecule has 0 atom stereocenters. The van der Waals surface area contributed by atoms with Crippen molar-refractivity contribution in [3.8, 4) is 0 Å². The SMILES string of the molecule is C1=NN(c2ccnc3ncnn23)CCC1. The van der Waals surface area contributed by atoms with Crippen molar-refractivity contribution in [2.75, 3.05) is 11.6 Å². The predicted molar refractivity (Wildman–Crippen MR) is 55.9 cm³/mol. The number of hydrogen-bond acceptors (Lipinski definition) is 5. The van der Waals surface area contributed by atoms with Crippen LogP contribution in [0.1, 0.15) is 12.8 Å². The first kappa shape index (κ1) is 8.34. The van der Waals surface area contributed by atoms with E-state index in [1.54, 1.807) is 10.7 Å². The number of hydrazone groups is 1. The summed E-state index contributed by atoms with van der Waals surface area (Å²) in [6, 6.07) is 1.89. The maximum atomic E-state index is 4.32. The smallest absolute Gasteiger partial charge is 0.248 e. The average Bonchev–Trinajstić information content (AvgIpc) is 2.78. The van der Waals surface area contributed by atoms with E-state index in [-0.39, 0.29) is 0 Å². The van der Waals surface area contributed by atoms with E-state index < -0.39 is 0 Å². The highest BCUT2D eigenvalue weighted by molar-refractivity contribution is 5.61. The van der Waals surface area contributed by atoms with Crippen molar-refractivity contribution < 1.29 is 0 Å². The molecule has 2 aromatic rings. The minimum atomic E-state index is 0.605. The van der Waals surface area contributed by atoms with Crippen molar-refractivity contribution in [2.24, 2.45) is 5.10 Å². The molecule has 6 heteroatoms. The van der Waals surface area contributed by atoms with Crippen LogP contribution in [0, 0.1) is 0 Å². The van der Waals surface area contributed by atoms with Gasteiger partial charge >= 0.3 is 0 Å². The van der Waals surface area contributed by atoms with Gasteiger partial charge in [0, 0.05) is 25.0 Å². The summed E-state index contributed by atoms with van der Waals surface area (Å²) < 4.78 is 1.70. The lowest BCUT2D eigenvalue weighted by Crippen LogP contribution is -2.24. The van der Waals surface area contributed by atoms with Gasteiger partial charge in [-0.3, -0.25) is 0 Å². The molecular weight excluding hydrogens is 192 g/mol. The molecule has 0 unspecified atom stereocenters. The Morgan fingerprint density at radius 3 is 3.13 bits per heavy atom. The third-order valence-corrected chi connectivity index (χ3v) is 2.35. The van der Waals surface area contributed by atoms with Gasteiger partial charge in [0.2, 0.25) is 0 Å². The molecule has 2 aromatic heterocycles. The summed E-state index contributed by atoms with van der Waals surface area (Å²) in [5.74, 6) is 1.52. The molecule has 0 N–H and O–H groups in total. The molecule has 0 spiro atoms. The van der Waals surface area contributed by atoms with E-state index in [2.05, 4.69) is 20.2 Å². The highest BCUT2D eigenvalue weighted by Gasteiger charge is 2.12. The van der Waals surface area contributed by atoms with Crippen molar-refractivity contribution in [3.05, 3.63) is 18.6 Å². The van der Waals surface area contributed by atoms with Crippen molar-refractivity contribution in [2.45, 2.75) is 12.8 Å². The lowest BCUT2D eigenvalue weighted by atomic mass is 10.3. The molecule has 0 saturated carbocycles. The van der Waals surface area contributed by atoms with Gasteiger partial charge in [-0.1, -0.05) is 0 Å². The third-order valence-electron chi connectivity index (χ3n) is 2.35. The Morgan fingerprint density at radius 1 is 1.27 bits per heavy atom. The van der Waals surface area contributed by atoms with E-state index in [1.807, 2.05) is 17.3 Å². The van der Waals surface area contributed by atoms with Crippen LogP contribution in [-0.2, 0) is 0 Å². The second-order valence-corrected chi connectivity index (χ2v) is 3.34. The van der Waals surface area contributed by atoms with Gasteiger partial charge in [-0.15, -0.1) is 0 Å². The molecule has 0 fully saturated rings. The fraction of sp³-hybridized carbons (Fsp3) is 0.333. The van der Waals surface area contributed by atoms with Gasteiger partial charge < -0.3 is 0 Å². The zero-order chi connectivity index (χ0) is 10.1. The first-order chi connectivity index (χ1) is 7.45. The molecule has 0 aromatic carbocycles. The monoisotopic (exact) mass is 202 g/mol. The first-order valence-corrected chi connectivity index (χ1v) is 4.90. The van der Waals surface area contributed by atoms with Gasteiger partial charge in [-0.2, -0.15) is 19.7 Å². The molecule has 3 heterocycles. The van der Waals surface area contributed by atoms with Gasteiger partial charge in [-0.05, 0) is 12.8 Å². The highest BCUT2D eigenvalue weighted by atomic mass is 15.5. The Hall–Kier alpha value is -1.98. The lowest BCUT2D eigenvalue weighted by Gasteiger charge is -2.21. The molecule has 0 bridgehead atoms. The normalized spacial score (nSPS) is 16.1. The fourth-order valence-electron chi connectivity index (χ4n) is 1.64. The molecule has 6 nitrogen and oxygen atoms in total. The summed E-state index contributed by atoms with van der Waals surface area (Å²) in [5.41, 5.74) is 0. The number of rotatable bonds is 1. The largest absolute Gasteiger partial charge is 0.254 e. The number of hydrogen-bond donors (Lipinski definition) is 0. The molecular formula is C9H10N6. The average molecular weight is 202 g/mol. The summed E-state index contributed by atoms with van der Waals surface area (Å²) in [6.07, 6.45) is 7.31. The summed E-state index contributed by atoms with van der Waals surface area (Å²) >= 11 is 0. The summed E-state index contributed by atoms with van der Waals surface area (Å²) in [4.78, 5) is 8.14. The molecule has 1 aliphatic heterocycles. The Labute approximate surface area is 86.3 Å². The second-order valence-electron chi connectivity index (χ2n) is 3.34. The third kappa shape index (κ3) is 1.34. The topological polar surface area (TPSA) is 58.7 Å². The Morgan fingerprint density at radius 2 is 2.27 bits per heavy atom. The molecule has 1 aliphatic rings. The van der Waals surface area contributed by atoms with Crippen molar-refractivity contribution in [3.63, 3.8) is 0 Å². The zero-order valence-electron chi connectivity index (χ0n) is 8.11. The van der Waals surface area contributed by atoms with Crippen LogP contribution in [0.4, 0.5) is 5.82 Å². The molecule has 0 saturated heterocycles. The Bertz CT molecular complexity index is 502. The van der Waals surface area contributed by atoms with E-state index >= 15 is 0 Å². The predicted octanol–water partition coefficient (Wildman–Crippen LogP) is 0.710. The van der Waals surface area contributed by atoms with E-state index in [0.29, 0.717) is 5.78 Å². The summed E-state index contributed by atoms with van der Waals surface area (Å²) in [7, 11) is 0. The zero-order valence-corrected chi connectivity index (χ0v) is 8.11. The van der Waals surface area contributed by atoms with E-state index in [4.69, 9.17) is 0 Å². The first-order valence-electron chi connectivity index (χ1n) is 4.90. The van der Waals surface area contributed by atoms with Crippen LogP contribution in [0.25, 0.3) is 5.78 Å². The van der Waals surface area contributed by atoms with Crippen molar-refractivity contribution >= 4 is 17.8 Å². The highest BCUT2D eigenvalue weighted by Crippen LogP contribution is 2.16. The van der Waals surface area contributed by atoms with E-state index in [0.717, 1.165) is 25.2 Å². The van der Waals surface area contributed by atoms with Crippen LogP contribution in [0.2, 0.25) is 0 Å².